The first-order valence-electron chi connectivity index (χ1n) is 6.19. The first-order chi connectivity index (χ1) is 7.55. The van der Waals surface area contributed by atoms with E-state index in [2.05, 4.69) is 19.2 Å². The van der Waals surface area contributed by atoms with Gasteiger partial charge in [-0.2, -0.15) is 0 Å². The summed E-state index contributed by atoms with van der Waals surface area (Å²) in [5.74, 6) is 1.28. The predicted molar refractivity (Wildman–Crippen MR) is 66.5 cm³/mol. The van der Waals surface area contributed by atoms with Crippen LogP contribution in [0.2, 0.25) is 0 Å². The van der Waals surface area contributed by atoms with Crippen LogP contribution in [-0.2, 0) is 4.79 Å². The largest absolute Gasteiger partial charge is 0.480 e. The minimum absolute atomic E-state index is 0.0511. The smallest absolute Gasteiger partial charge is 0.321 e. The van der Waals surface area contributed by atoms with Crippen LogP contribution in [0.1, 0.15) is 39.5 Å². The Hall–Kier alpha value is -0.220. The van der Waals surface area contributed by atoms with Gasteiger partial charge in [0.2, 0.25) is 0 Å². The fourth-order valence-electron chi connectivity index (χ4n) is 3.14. The van der Waals surface area contributed by atoms with Gasteiger partial charge >= 0.3 is 5.97 Å². The van der Waals surface area contributed by atoms with Gasteiger partial charge in [-0.3, -0.25) is 10.1 Å². The van der Waals surface area contributed by atoms with Crippen LogP contribution in [0.25, 0.3) is 0 Å². The maximum absolute atomic E-state index is 11.0. The molecule has 1 aliphatic heterocycles. The van der Waals surface area contributed by atoms with Crippen molar-refractivity contribution in [2.75, 3.05) is 5.75 Å². The van der Waals surface area contributed by atoms with Crippen LogP contribution in [0.3, 0.4) is 0 Å². The van der Waals surface area contributed by atoms with Gasteiger partial charge in [0.05, 0.1) is 4.87 Å². The van der Waals surface area contributed by atoms with Gasteiger partial charge in [-0.25, -0.2) is 0 Å². The maximum atomic E-state index is 11.0. The summed E-state index contributed by atoms with van der Waals surface area (Å²) in [4.78, 5) is 11.1. The Bertz CT molecular complexity index is 282. The molecule has 1 spiro atoms. The number of aliphatic carboxylic acids is 1. The molecule has 0 bridgehead atoms. The third-order valence-electron chi connectivity index (χ3n) is 3.94. The fraction of sp³-hybridized carbons (Fsp3) is 0.917. The van der Waals surface area contributed by atoms with Gasteiger partial charge in [0.15, 0.2) is 0 Å². The van der Waals surface area contributed by atoms with Crippen molar-refractivity contribution in [1.29, 1.82) is 0 Å². The van der Waals surface area contributed by atoms with Crippen molar-refractivity contribution in [3.63, 3.8) is 0 Å². The molecule has 3 unspecified atom stereocenters. The van der Waals surface area contributed by atoms with E-state index in [4.69, 9.17) is 5.11 Å². The Kier molecular flexibility index (Phi) is 3.50. The van der Waals surface area contributed by atoms with Gasteiger partial charge in [0.25, 0.3) is 0 Å². The van der Waals surface area contributed by atoms with E-state index in [-0.39, 0.29) is 10.9 Å². The molecule has 0 aromatic heterocycles. The van der Waals surface area contributed by atoms with Crippen LogP contribution in [0.5, 0.6) is 0 Å². The zero-order chi connectivity index (χ0) is 11.8. The van der Waals surface area contributed by atoms with Crippen molar-refractivity contribution in [3.8, 4) is 0 Å². The van der Waals surface area contributed by atoms with Crippen LogP contribution in [0.15, 0.2) is 0 Å². The van der Waals surface area contributed by atoms with E-state index < -0.39 is 5.97 Å². The molecule has 16 heavy (non-hydrogen) atoms. The highest BCUT2D eigenvalue weighted by atomic mass is 32.2. The number of hydrogen-bond donors (Lipinski definition) is 2. The number of rotatable bonds is 2. The summed E-state index contributed by atoms with van der Waals surface area (Å²) in [5, 5.41) is 12.5. The molecule has 0 aromatic carbocycles. The second-order valence-corrected chi connectivity index (χ2v) is 6.68. The first-order valence-corrected chi connectivity index (χ1v) is 7.18. The second-order valence-electron chi connectivity index (χ2n) is 5.33. The highest BCUT2D eigenvalue weighted by molar-refractivity contribution is 8.01. The Labute approximate surface area is 101 Å². The monoisotopic (exact) mass is 243 g/mol. The lowest BCUT2D eigenvalue weighted by Crippen LogP contribution is -2.52. The number of thioether (sulfide) groups is 1. The molecule has 3 atom stereocenters. The summed E-state index contributed by atoms with van der Waals surface area (Å²) in [5.41, 5.74) is 0. The molecular formula is C12H21NO2S. The molecule has 1 aliphatic carbocycles. The lowest BCUT2D eigenvalue weighted by molar-refractivity contribution is -0.139. The van der Waals surface area contributed by atoms with E-state index in [1.807, 2.05) is 11.8 Å². The summed E-state index contributed by atoms with van der Waals surface area (Å²) in [6.07, 6.45) is 4.90. The Morgan fingerprint density at radius 2 is 2.25 bits per heavy atom. The SMILES string of the molecule is CC(C)C1CCCCC12NC(C(=O)O)CS2. The van der Waals surface area contributed by atoms with Crippen LogP contribution in [0, 0.1) is 11.8 Å². The quantitative estimate of drug-likeness (QED) is 0.781. The lowest BCUT2D eigenvalue weighted by atomic mass is 9.77. The van der Waals surface area contributed by atoms with E-state index in [0.717, 1.165) is 12.2 Å². The van der Waals surface area contributed by atoms with Crippen LogP contribution in [-0.4, -0.2) is 27.7 Å². The third-order valence-corrected chi connectivity index (χ3v) is 5.58. The van der Waals surface area contributed by atoms with Crippen molar-refractivity contribution in [2.24, 2.45) is 11.8 Å². The highest BCUT2D eigenvalue weighted by Crippen LogP contribution is 2.48. The van der Waals surface area contributed by atoms with Gasteiger partial charge in [-0.05, 0) is 24.7 Å². The summed E-state index contributed by atoms with van der Waals surface area (Å²) in [6, 6.07) is -0.343. The predicted octanol–water partition coefficient (Wildman–Crippen LogP) is 2.32. The molecule has 0 radical (unpaired) electrons. The average Bonchev–Trinajstić information content (AvgIpc) is 2.63. The van der Waals surface area contributed by atoms with Gasteiger partial charge in [0, 0.05) is 5.75 Å². The number of nitrogens with one attached hydrogen (secondary N) is 1. The van der Waals surface area contributed by atoms with Crippen LogP contribution in [0.4, 0.5) is 0 Å². The minimum Gasteiger partial charge on any atom is -0.480 e. The lowest BCUT2D eigenvalue weighted by Gasteiger charge is -2.43. The first kappa shape index (κ1) is 12.2. The molecule has 3 nitrogen and oxygen atoms in total. The van der Waals surface area contributed by atoms with Crippen molar-refractivity contribution >= 4 is 17.7 Å². The van der Waals surface area contributed by atoms with Crippen LogP contribution < -0.4 is 5.32 Å². The zero-order valence-electron chi connectivity index (χ0n) is 10.0. The molecule has 0 aromatic rings. The summed E-state index contributed by atoms with van der Waals surface area (Å²) < 4.78 is 0. The molecule has 1 saturated heterocycles. The van der Waals surface area contributed by atoms with Crippen LogP contribution >= 0.6 is 11.8 Å². The van der Waals surface area contributed by atoms with Gasteiger partial charge in [0.1, 0.15) is 6.04 Å². The summed E-state index contributed by atoms with van der Waals surface area (Å²) >= 11 is 1.85. The number of hydrogen-bond acceptors (Lipinski definition) is 3. The molecule has 2 fully saturated rings. The number of carboxylic acid groups (broad SMARTS) is 1. The van der Waals surface area contributed by atoms with Crippen molar-refractivity contribution in [2.45, 2.75) is 50.4 Å². The van der Waals surface area contributed by atoms with Gasteiger partial charge in [-0.1, -0.05) is 26.7 Å². The van der Waals surface area contributed by atoms with Crippen molar-refractivity contribution in [1.82, 2.24) is 5.32 Å². The number of carboxylic acids is 1. The normalized spacial score (nSPS) is 39.4. The van der Waals surface area contributed by atoms with Crippen molar-refractivity contribution in [3.05, 3.63) is 0 Å². The van der Waals surface area contributed by atoms with E-state index >= 15 is 0 Å². The Morgan fingerprint density at radius 3 is 2.81 bits per heavy atom. The molecule has 1 saturated carbocycles. The summed E-state index contributed by atoms with van der Waals surface area (Å²) in [6.45, 7) is 4.52. The highest BCUT2D eigenvalue weighted by Gasteiger charge is 2.49. The molecule has 2 aliphatic rings. The van der Waals surface area contributed by atoms with E-state index in [0.29, 0.717) is 11.8 Å². The van der Waals surface area contributed by atoms with Gasteiger partial charge in [-0.15, -0.1) is 11.8 Å². The summed E-state index contributed by atoms with van der Waals surface area (Å²) in [7, 11) is 0. The standard InChI is InChI=1S/C12H21NO2S/c1-8(2)9-5-3-4-6-12(9)13-10(7-16-12)11(14)15/h8-10,13H,3-7H2,1-2H3,(H,14,15). The van der Waals surface area contributed by atoms with Gasteiger partial charge < -0.3 is 5.11 Å². The topological polar surface area (TPSA) is 49.3 Å². The zero-order valence-corrected chi connectivity index (χ0v) is 10.8. The fourth-order valence-corrected chi connectivity index (χ4v) is 4.95. The molecule has 92 valence electrons. The Balaban J connectivity index is 2.13. The molecule has 1 heterocycles. The van der Waals surface area contributed by atoms with E-state index in [1.54, 1.807) is 0 Å². The molecule has 4 heteroatoms. The molecule has 2 rings (SSSR count). The third kappa shape index (κ3) is 2.09. The molecule has 0 amide bonds. The Morgan fingerprint density at radius 1 is 1.50 bits per heavy atom. The van der Waals surface area contributed by atoms with E-state index in [1.165, 1.54) is 19.3 Å². The average molecular weight is 243 g/mol. The second kappa shape index (κ2) is 4.57. The number of carbonyl (C=O) groups is 1. The van der Waals surface area contributed by atoms with Crippen molar-refractivity contribution < 1.29 is 9.90 Å². The van der Waals surface area contributed by atoms with E-state index in [9.17, 15) is 4.79 Å². The maximum Gasteiger partial charge on any atom is 0.321 e. The molecule has 2 N–H and O–H groups in total. The molecular weight excluding hydrogens is 222 g/mol. The minimum atomic E-state index is -0.697.